The number of alkyl halides is 3. The van der Waals surface area contributed by atoms with Crippen molar-refractivity contribution in [2.45, 2.75) is 19.1 Å². The van der Waals surface area contributed by atoms with Gasteiger partial charge in [-0.1, -0.05) is 0 Å². The Bertz CT molecular complexity index is 488. The lowest BCUT2D eigenvalue weighted by Crippen LogP contribution is -2.48. The molecule has 2 amide bonds. The normalized spacial score (nSPS) is 12.8. The molecule has 1 rings (SSSR count). The van der Waals surface area contributed by atoms with Gasteiger partial charge in [0.25, 0.3) is 11.8 Å². The third kappa shape index (κ3) is 4.57. The SMILES string of the molecule is C[C@H](C(=O)NCC(F)(F)F)[n+]1cccc(C(N)=O)c1. The molecule has 8 heteroatoms. The summed E-state index contributed by atoms with van der Waals surface area (Å²) in [7, 11) is 0. The number of carbonyl (C=O) groups is 2. The van der Waals surface area contributed by atoms with E-state index in [0.717, 1.165) is 0 Å². The van der Waals surface area contributed by atoms with E-state index in [4.69, 9.17) is 5.73 Å². The largest absolute Gasteiger partial charge is 0.405 e. The molecular weight excluding hydrogens is 263 g/mol. The molecule has 3 N–H and O–H groups in total. The number of hydrogen-bond acceptors (Lipinski definition) is 2. The van der Waals surface area contributed by atoms with Crippen LogP contribution in [0, 0.1) is 0 Å². The molecule has 1 atom stereocenters. The van der Waals surface area contributed by atoms with E-state index in [1.54, 1.807) is 5.32 Å². The molecule has 5 nitrogen and oxygen atoms in total. The average molecular weight is 276 g/mol. The summed E-state index contributed by atoms with van der Waals surface area (Å²) in [4.78, 5) is 22.5. The quantitative estimate of drug-likeness (QED) is 0.777. The van der Waals surface area contributed by atoms with Crippen LogP contribution in [0.2, 0.25) is 0 Å². The van der Waals surface area contributed by atoms with Crippen LogP contribution in [0.4, 0.5) is 13.2 Å². The number of nitrogens with two attached hydrogens (primary N) is 1. The van der Waals surface area contributed by atoms with E-state index in [2.05, 4.69) is 0 Å². The van der Waals surface area contributed by atoms with Gasteiger partial charge in [-0.15, -0.1) is 0 Å². The van der Waals surface area contributed by atoms with Crippen molar-refractivity contribution in [2.75, 3.05) is 6.54 Å². The molecule has 0 radical (unpaired) electrons. The molecule has 1 heterocycles. The molecule has 1 aromatic heterocycles. The van der Waals surface area contributed by atoms with E-state index in [1.807, 2.05) is 0 Å². The minimum atomic E-state index is -4.46. The fourth-order valence-electron chi connectivity index (χ4n) is 1.35. The summed E-state index contributed by atoms with van der Waals surface area (Å²) in [6.07, 6.45) is -1.69. The maximum atomic E-state index is 12.0. The number of pyridine rings is 1. The number of aromatic nitrogens is 1. The minimum absolute atomic E-state index is 0.165. The molecule has 0 spiro atoms. The van der Waals surface area contributed by atoms with Crippen LogP contribution in [0.1, 0.15) is 23.3 Å². The molecule has 0 saturated heterocycles. The summed E-state index contributed by atoms with van der Waals surface area (Å²) in [5.74, 6) is -1.49. The smallest absolute Gasteiger partial charge is 0.365 e. The minimum Gasteiger partial charge on any atom is -0.365 e. The van der Waals surface area contributed by atoms with E-state index in [9.17, 15) is 22.8 Å². The number of halogens is 3. The van der Waals surface area contributed by atoms with Gasteiger partial charge >= 0.3 is 6.18 Å². The highest BCUT2D eigenvalue weighted by molar-refractivity contribution is 5.92. The first-order chi connectivity index (χ1) is 8.70. The first kappa shape index (κ1) is 14.9. The molecule has 0 aliphatic heterocycles. The zero-order valence-corrected chi connectivity index (χ0v) is 10.1. The highest BCUT2D eigenvalue weighted by Gasteiger charge is 2.30. The zero-order chi connectivity index (χ0) is 14.6. The van der Waals surface area contributed by atoms with Crippen molar-refractivity contribution in [2.24, 2.45) is 5.73 Å². The van der Waals surface area contributed by atoms with Crippen LogP contribution in [0.15, 0.2) is 24.5 Å². The maximum absolute atomic E-state index is 12.0. The van der Waals surface area contributed by atoms with Crippen LogP contribution < -0.4 is 15.6 Å². The predicted octanol–water partition coefficient (Wildman–Crippen LogP) is 0.313. The van der Waals surface area contributed by atoms with Crippen molar-refractivity contribution in [1.29, 1.82) is 0 Å². The van der Waals surface area contributed by atoms with Crippen LogP contribution in [-0.4, -0.2) is 24.5 Å². The molecular formula is C11H13F3N3O2+. The molecule has 0 unspecified atom stereocenters. The Kier molecular flexibility index (Phi) is 4.47. The van der Waals surface area contributed by atoms with Gasteiger partial charge in [0.1, 0.15) is 12.1 Å². The number of rotatable bonds is 4. The van der Waals surface area contributed by atoms with Crippen molar-refractivity contribution in [1.82, 2.24) is 5.32 Å². The second kappa shape index (κ2) is 5.68. The third-order valence-corrected chi connectivity index (χ3v) is 2.40. The molecule has 0 aliphatic rings. The van der Waals surface area contributed by atoms with Crippen LogP contribution in [0.5, 0.6) is 0 Å². The Hall–Kier alpha value is -2.12. The number of carbonyl (C=O) groups excluding carboxylic acids is 2. The number of amides is 2. The second-order valence-electron chi connectivity index (χ2n) is 3.91. The van der Waals surface area contributed by atoms with Gasteiger partial charge in [0.2, 0.25) is 6.04 Å². The topological polar surface area (TPSA) is 76.1 Å². The Morgan fingerprint density at radius 2 is 2.11 bits per heavy atom. The van der Waals surface area contributed by atoms with E-state index < -0.39 is 30.6 Å². The molecule has 104 valence electrons. The Labute approximate surface area is 107 Å². The van der Waals surface area contributed by atoms with Crippen LogP contribution in [0.25, 0.3) is 0 Å². The summed E-state index contributed by atoms with van der Waals surface area (Å²) < 4.78 is 37.2. The van der Waals surface area contributed by atoms with Gasteiger partial charge in [-0.05, 0) is 6.07 Å². The molecule has 1 aromatic rings. The fourth-order valence-corrected chi connectivity index (χ4v) is 1.35. The lowest BCUT2D eigenvalue weighted by molar-refractivity contribution is -0.706. The standard InChI is InChI=1S/C11H12F3N3O2/c1-7(10(19)16-6-11(12,13)14)17-4-2-3-8(5-17)9(15)18/h2-5,7H,6H2,1H3,(H2-,15,16,18,19)/p+1/t7-/m1/s1. The van der Waals surface area contributed by atoms with Crippen molar-refractivity contribution < 1.29 is 27.3 Å². The molecule has 19 heavy (non-hydrogen) atoms. The van der Waals surface area contributed by atoms with Crippen molar-refractivity contribution >= 4 is 11.8 Å². The van der Waals surface area contributed by atoms with E-state index in [-0.39, 0.29) is 5.56 Å². The van der Waals surface area contributed by atoms with Gasteiger partial charge in [-0.3, -0.25) is 9.59 Å². The summed E-state index contributed by atoms with van der Waals surface area (Å²) in [6, 6.07) is 2.04. The lowest BCUT2D eigenvalue weighted by Gasteiger charge is -2.10. The Morgan fingerprint density at radius 3 is 2.63 bits per heavy atom. The Balaban J connectivity index is 2.77. The van der Waals surface area contributed by atoms with Crippen molar-refractivity contribution in [3.05, 3.63) is 30.1 Å². The summed E-state index contributed by atoms with van der Waals surface area (Å²) in [5, 5.41) is 1.77. The maximum Gasteiger partial charge on any atom is 0.405 e. The molecule has 0 saturated carbocycles. The number of hydrogen-bond donors (Lipinski definition) is 2. The van der Waals surface area contributed by atoms with E-state index in [0.29, 0.717) is 0 Å². The number of nitrogens with one attached hydrogen (secondary N) is 1. The Morgan fingerprint density at radius 1 is 1.47 bits per heavy atom. The van der Waals surface area contributed by atoms with Crippen molar-refractivity contribution in [3.63, 3.8) is 0 Å². The summed E-state index contributed by atoms with van der Waals surface area (Å²) in [5.41, 5.74) is 5.24. The highest BCUT2D eigenvalue weighted by Crippen LogP contribution is 2.12. The van der Waals surface area contributed by atoms with E-state index >= 15 is 0 Å². The van der Waals surface area contributed by atoms with Crippen molar-refractivity contribution in [3.8, 4) is 0 Å². The molecule has 0 aliphatic carbocycles. The van der Waals surface area contributed by atoms with E-state index in [1.165, 1.54) is 36.0 Å². The first-order valence-corrected chi connectivity index (χ1v) is 5.36. The van der Waals surface area contributed by atoms with Gasteiger partial charge < -0.3 is 11.1 Å². The highest BCUT2D eigenvalue weighted by atomic mass is 19.4. The van der Waals surface area contributed by atoms with Crippen LogP contribution in [0.3, 0.4) is 0 Å². The third-order valence-electron chi connectivity index (χ3n) is 2.40. The molecule has 0 aromatic carbocycles. The van der Waals surface area contributed by atoms with Gasteiger partial charge in [0, 0.05) is 13.0 Å². The predicted molar refractivity (Wildman–Crippen MR) is 58.9 cm³/mol. The van der Waals surface area contributed by atoms with Crippen LogP contribution >= 0.6 is 0 Å². The average Bonchev–Trinajstić information content (AvgIpc) is 2.34. The first-order valence-electron chi connectivity index (χ1n) is 5.36. The number of primary amides is 1. The van der Waals surface area contributed by atoms with Gasteiger partial charge in [-0.2, -0.15) is 17.7 Å². The molecule has 0 bridgehead atoms. The molecule has 0 fully saturated rings. The lowest BCUT2D eigenvalue weighted by atomic mass is 10.2. The summed E-state index contributed by atoms with van der Waals surface area (Å²) >= 11 is 0. The summed E-state index contributed by atoms with van der Waals surface area (Å²) in [6.45, 7) is 0.0166. The van der Waals surface area contributed by atoms with Gasteiger partial charge in [0.05, 0.1) is 0 Å². The zero-order valence-electron chi connectivity index (χ0n) is 10.1. The monoisotopic (exact) mass is 276 g/mol. The van der Waals surface area contributed by atoms with Gasteiger partial charge in [-0.25, -0.2) is 0 Å². The van der Waals surface area contributed by atoms with Gasteiger partial charge in [0.15, 0.2) is 12.4 Å². The second-order valence-corrected chi connectivity index (χ2v) is 3.91. The fraction of sp³-hybridized carbons (Fsp3) is 0.364. The van der Waals surface area contributed by atoms with Crippen LogP contribution in [-0.2, 0) is 4.79 Å². The number of nitrogens with zero attached hydrogens (tertiary/aromatic N) is 1.